The first kappa shape index (κ1) is 20.6. The maximum absolute atomic E-state index is 4.76. The molecule has 1 saturated heterocycles. The Labute approximate surface area is 180 Å². The standard InChI is InChI=1S/C25H33N5/c1-20-8-7-11-25(22(20)3)29-16-14-28(15-17-29)13-12-26-19-23-18-21(2)30(27-23)24-9-5-4-6-10-24/h4-11,18,26H,12-17,19H2,1-3H3. The highest BCUT2D eigenvalue weighted by molar-refractivity contribution is 5.56. The number of anilines is 1. The highest BCUT2D eigenvalue weighted by Gasteiger charge is 2.18. The van der Waals surface area contributed by atoms with Crippen LogP contribution in [0.3, 0.4) is 0 Å². The van der Waals surface area contributed by atoms with Gasteiger partial charge in [-0.05, 0) is 56.2 Å². The van der Waals surface area contributed by atoms with Crippen molar-refractivity contribution in [1.29, 1.82) is 0 Å². The van der Waals surface area contributed by atoms with Crippen LogP contribution in [0.1, 0.15) is 22.5 Å². The average molecular weight is 404 g/mol. The average Bonchev–Trinajstić information content (AvgIpc) is 3.15. The van der Waals surface area contributed by atoms with Crippen LogP contribution in [0.25, 0.3) is 5.69 Å². The van der Waals surface area contributed by atoms with Crippen LogP contribution < -0.4 is 10.2 Å². The topological polar surface area (TPSA) is 36.3 Å². The van der Waals surface area contributed by atoms with Crippen LogP contribution in [0, 0.1) is 20.8 Å². The van der Waals surface area contributed by atoms with E-state index in [1.54, 1.807) is 0 Å². The second kappa shape index (κ2) is 9.45. The van der Waals surface area contributed by atoms with Crippen molar-refractivity contribution in [2.24, 2.45) is 0 Å². The van der Waals surface area contributed by atoms with Gasteiger partial charge in [0.25, 0.3) is 0 Å². The molecule has 5 heteroatoms. The van der Waals surface area contributed by atoms with Crippen molar-refractivity contribution in [1.82, 2.24) is 20.0 Å². The molecule has 0 bridgehead atoms. The van der Waals surface area contributed by atoms with Crippen molar-refractivity contribution in [3.63, 3.8) is 0 Å². The predicted octanol–water partition coefficient (Wildman–Crippen LogP) is 3.71. The molecule has 3 aromatic rings. The van der Waals surface area contributed by atoms with Gasteiger partial charge in [-0.2, -0.15) is 5.10 Å². The number of piperazine rings is 1. The largest absolute Gasteiger partial charge is 0.369 e. The van der Waals surface area contributed by atoms with E-state index in [-0.39, 0.29) is 0 Å². The van der Waals surface area contributed by atoms with E-state index in [0.717, 1.165) is 57.2 Å². The molecule has 1 N–H and O–H groups in total. The lowest BCUT2D eigenvalue weighted by atomic mass is 10.1. The van der Waals surface area contributed by atoms with Crippen molar-refractivity contribution in [3.05, 3.63) is 77.1 Å². The third-order valence-corrected chi connectivity index (χ3v) is 6.14. The summed E-state index contributed by atoms with van der Waals surface area (Å²) in [5.41, 5.74) is 7.57. The quantitative estimate of drug-likeness (QED) is 0.610. The lowest BCUT2D eigenvalue weighted by Crippen LogP contribution is -2.48. The van der Waals surface area contributed by atoms with Crippen molar-refractivity contribution in [2.45, 2.75) is 27.3 Å². The highest BCUT2D eigenvalue weighted by atomic mass is 15.3. The normalized spacial score (nSPS) is 15.0. The first-order valence-corrected chi connectivity index (χ1v) is 11.0. The Kier molecular flexibility index (Phi) is 6.50. The first-order valence-electron chi connectivity index (χ1n) is 11.0. The zero-order chi connectivity index (χ0) is 20.9. The molecule has 1 aliphatic rings. The summed E-state index contributed by atoms with van der Waals surface area (Å²) in [7, 11) is 0. The molecule has 4 rings (SSSR count). The van der Waals surface area contributed by atoms with Gasteiger partial charge in [-0.3, -0.25) is 4.90 Å². The monoisotopic (exact) mass is 403 g/mol. The van der Waals surface area contributed by atoms with Gasteiger partial charge < -0.3 is 10.2 Å². The smallest absolute Gasteiger partial charge is 0.0769 e. The minimum atomic E-state index is 0.809. The third-order valence-electron chi connectivity index (χ3n) is 6.14. The molecule has 1 aliphatic heterocycles. The van der Waals surface area contributed by atoms with Crippen LogP contribution in [0.2, 0.25) is 0 Å². The second-order valence-electron chi connectivity index (χ2n) is 8.25. The number of hydrogen-bond donors (Lipinski definition) is 1. The molecule has 0 unspecified atom stereocenters. The van der Waals surface area contributed by atoms with Gasteiger partial charge >= 0.3 is 0 Å². The Bertz CT molecular complexity index is 955. The van der Waals surface area contributed by atoms with E-state index in [0.29, 0.717) is 0 Å². The van der Waals surface area contributed by atoms with Crippen LogP contribution in [0.15, 0.2) is 54.6 Å². The molecular weight excluding hydrogens is 370 g/mol. The zero-order valence-corrected chi connectivity index (χ0v) is 18.4. The van der Waals surface area contributed by atoms with Crippen LogP contribution in [-0.4, -0.2) is 53.9 Å². The van der Waals surface area contributed by atoms with E-state index in [9.17, 15) is 0 Å². The van der Waals surface area contributed by atoms with Crippen LogP contribution in [0.4, 0.5) is 5.69 Å². The van der Waals surface area contributed by atoms with E-state index < -0.39 is 0 Å². The van der Waals surface area contributed by atoms with E-state index in [1.807, 2.05) is 22.9 Å². The molecule has 1 aromatic heterocycles. The van der Waals surface area contributed by atoms with Crippen LogP contribution >= 0.6 is 0 Å². The Morgan fingerprint density at radius 2 is 1.67 bits per heavy atom. The number of nitrogens with zero attached hydrogens (tertiary/aromatic N) is 4. The molecule has 30 heavy (non-hydrogen) atoms. The lowest BCUT2D eigenvalue weighted by Gasteiger charge is -2.37. The fraction of sp³-hybridized carbons (Fsp3) is 0.400. The van der Waals surface area contributed by atoms with Crippen molar-refractivity contribution < 1.29 is 0 Å². The van der Waals surface area contributed by atoms with Gasteiger partial charge in [0.2, 0.25) is 0 Å². The van der Waals surface area contributed by atoms with E-state index in [4.69, 9.17) is 5.10 Å². The summed E-state index contributed by atoms with van der Waals surface area (Å²) < 4.78 is 2.02. The van der Waals surface area contributed by atoms with Gasteiger partial charge in [-0.15, -0.1) is 0 Å². The Balaban J connectivity index is 1.21. The number of aryl methyl sites for hydroxylation is 2. The maximum Gasteiger partial charge on any atom is 0.0769 e. The van der Waals surface area contributed by atoms with Crippen LogP contribution in [-0.2, 0) is 6.54 Å². The number of aromatic nitrogens is 2. The molecule has 0 radical (unpaired) electrons. The highest BCUT2D eigenvalue weighted by Crippen LogP contribution is 2.23. The van der Waals surface area contributed by atoms with Crippen molar-refractivity contribution in [3.8, 4) is 5.69 Å². The van der Waals surface area contributed by atoms with Gasteiger partial charge in [0.05, 0.1) is 11.4 Å². The Morgan fingerprint density at radius 1 is 0.900 bits per heavy atom. The molecule has 5 nitrogen and oxygen atoms in total. The summed E-state index contributed by atoms with van der Waals surface area (Å²) in [5.74, 6) is 0. The summed E-state index contributed by atoms with van der Waals surface area (Å²) in [5, 5.41) is 8.33. The van der Waals surface area contributed by atoms with Gasteiger partial charge in [0.15, 0.2) is 0 Å². The SMILES string of the molecule is Cc1cccc(N2CCN(CCNCc3cc(C)n(-c4ccccc4)n3)CC2)c1C. The molecule has 0 amide bonds. The predicted molar refractivity (Wildman–Crippen MR) is 125 cm³/mol. The molecule has 0 saturated carbocycles. The van der Waals surface area contributed by atoms with Crippen molar-refractivity contribution >= 4 is 5.69 Å². The number of benzene rings is 2. The molecule has 2 aromatic carbocycles. The van der Waals surface area contributed by atoms with Crippen molar-refractivity contribution in [2.75, 3.05) is 44.2 Å². The Morgan fingerprint density at radius 3 is 2.43 bits per heavy atom. The molecule has 158 valence electrons. The van der Waals surface area contributed by atoms with Gasteiger partial charge in [-0.25, -0.2) is 4.68 Å². The van der Waals surface area contributed by atoms with Gasteiger partial charge in [0, 0.05) is 57.2 Å². The zero-order valence-electron chi connectivity index (χ0n) is 18.4. The maximum atomic E-state index is 4.76. The molecule has 2 heterocycles. The second-order valence-corrected chi connectivity index (χ2v) is 8.25. The summed E-state index contributed by atoms with van der Waals surface area (Å²) in [4.78, 5) is 5.09. The van der Waals surface area contributed by atoms with Crippen LogP contribution in [0.5, 0.6) is 0 Å². The first-order chi connectivity index (χ1) is 14.6. The number of rotatable bonds is 7. The molecule has 1 fully saturated rings. The molecular formula is C25H33N5. The summed E-state index contributed by atoms with van der Waals surface area (Å²) in [6, 6.07) is 19.1. The fourth-order valence-electron chi connectivity index (χ4n) is 4.20. The number of hydrogen-bond acceptors (Lipinski definition) is 4. The Hall–Kier alpha value is -2.63. The number of nitrogens with one attached hydrogen (secondary N) is 1. The number of para-hydroxylation sites is 1. The minimum Gasteiger partial charge on any atom is -0.369 e. The minimum absolute atomic E-state index is 0.809. The van der Waals surface area contributed by atoms with Gasteiger partial charge in [0.1, 0.15) is 0 Å². The summed E-state index contributed by atoms with van der Waals surface area (Å²) in [6.07, 6.45) is 0. The summed E-state index contributed by atoms with van der Waals surface area (Å²) in [6.45, 7) is 13.9. The molecule has 0 aliphatic carbocycles. The van der Waals surface area contributed by atoms with E-state index >= 15 is 0 Å². The summed E-state index contributed by atoms with van der Waals surface area (Å²) >= 11 is 0. The fourth-order valence-corrected chi connectivity index (χ4v) is 4.20. The van der Waals surface area contributed by atoms with Gasteiger partial charge in [-0.1, -0.05) is 30.3 Å². The molecule has 0 spiro atoms. The van der Waals surface area contributed by atoms with E-state index in [2.05, 4.69) is 72.3 Å². The lowest BCUT2D eigenvalue weighted by molar-refractivity contribution is 0.257. The third kappa shape index (κ3) is 4.74. The molecule has 0 atom stereocenters. The van der Waals surface area contributed by atoms with E-state index in [1.165, 1.54) is 22.5 Å².